The maximum Gasteiger partial charge on any atom is 0.123 e. The van der Waals surface area contributed by atoms with Gasteiger partial charge in [0.1, 0.15) is 5.82 Å². The predicted molar refractivity (Wildman–Crippen MR) is 66.4 cm³/mol. The molecule has 1 aromatic carbocycles. The van der Waals surface area contributed by atoms with Gasteiger partial charge >= 0.3 is 0 Å². The van der Waals surface area contributed by atoms with Crippen molar-refractivity contribution in [1.29, 1.82) is 0 Å². The molecule has 2 fully saturated rings. The van der Waals surface area contributed by atoms with Gasteiger partial charge in [0.05, 0.1) is 0 Å². The number of piperazine rings is 1. The first-order valence-electron chi connectivity index (χ1n) is 6.53. The highest BCUT2D eigenvalue weighted by molar-refractivity contribution is 5.28. The van der Waals surface area contributed by atoms with Crippen molar-refractivity contribution in [3.05, 3.63) is 35.6 Å². The normalized spacial score (nSPS) is 24.3. The van der Waals surface area contributed by atoms with Crippen LogP contribution in [-0.2, 0) is 5.54 Å². The summed E-state index contributed by atoms with van der Waals surface area (Å²) in [6, 6.07) is 7.13. The van der Waals surface area contributed by atoms with Crippen molar-refractivity contribution in [2.75, 3.05) is 26.2 Å². The third-order valence-corrected chi connectivity index (χ3v) is 4.28. The molecule has 0 unspecified atom stereocenters. The fourth-order valence-electron chi connectivity index (χ4n) is 3.15. The molecule has 1 aliphatic heterocycles. The summed E-state index contributed by atoms with van der Waals surface area (Å²) >= 11 is 0. The Morgan fingerprint density at radius 1 is 1.06 bits per heavy atom. The van der Waals surface area contributed by atoms with Gasteiger partial charge in [-0.1, -0.05) is 12.1 Å². The molecule has 17 heavy (non-hydrogen) atoms. The van der Waals surface area contributed by atoms with Gasteiger partial charge in [0, 0.05) is 31.7 Å². The Kier molecular flexibility index (Phi) is 2.89. The van der Waals surface area contributed by atoms with Crippen LogP contribution in [0.4, 0.5) is 4.39 Å². The van der Waals surface area contributed by atoms with E-state index < -0.39 is 0 Å². The Hall–Kier alpha value is -0.930. The van der Waals surface area contributed by atoms with Gasteiger partial charge < -0.3 is 5.32 Å². The van der Waals surface area contributed by atoms with E-state index in [1.807, 2.05) is 12.1 Å². The average Bonchev–Trinajstić information content (AvgIpc) is 2.32. The van der Waals surface area contributed by atoms with Crippen LogP contribution in [0.15, 0.2) is 24.3 Å². The van der Waals surface area contributed by atoms with Crippen molar-refractivity contribution in [2.24, 2.45) is 0 Å². The van der Waals surface area contributed by atoms with Crippen molar-refractivity contribution in [3.63, 3.8) is 0 Å². The molecule has 1 aromatic rings. The first kappa shape index (κ1) is 11.2. The number of nitrogens with zero attached hydrogens (tertiary/aromatic N) is 1. The SMILES string of the molecule is Fc1ccc(C2(N3CCNCC3)CCC2)cc1. The van der Waals surface area contributed by atoms with E-state index in [-0.39, 0.29) is 11.4 Å². The molecule has 1 saturated heterocycles. The predicted octanol–water partition coefficient (Wildman–Crippen LogP) is 2.11. The molecule has 1 heterocycles. The Morgan fingerprint density at radius 3 is 2.24 bits per heavy atom. The number of nitrogens with one attached hydrogen (secondary N) is 1. The number of benzene rings is 1. The molecule has 0 spiro atoms. The lowest BCUT2D eigenvalue weighted by Crippen LogP contribution is -2.57. The number of hydrogen-bond acceptors (Lipinski definition) is 2. The Labute approximate surface area is 102 Å². The lowest BCUT2D eigenvalue weighted by atomic mass is 9.70. The molecule has 0 atom stereocenters. The van der Waals surface area contributed by atoms with E-state index in [0.29, 0.717) is 0 Å². The van der Waals surface area contributed by atoms with Crippen molar-refractivity contribution in [1.82, 2.24) is 10.2 Å². The molecular formula is C14H19FN2. The van der Waals surface area contributed by atoms with E-state index in [1.165, 1.54) is 24.8 Å². The maximum absolute atomic E-state index is 13.0. The highest BCUT2D eigenvalue weighted by Gasteiger charge is 2.43. The van der Waals surface area contributed by atoms with Crippen molar-refractivity contribution in [3.8, 4) is 0 Å². The van der Waals surface area contributed by atoms with Crippen LogP contribution in [0.1, 0.15) is 24.8 Å². The van der Waals surface area contributed by atoms with Gasteiger partial charge in [-0.25, -0.2) is 4.39 Å². The standard InChI is InChI=1S/C14H19FN2/c15-13-4-2-12(3-5-13)14(6-1-7-14)17-10-8-16-9-11-17/h2-5,16H,1,6-11H2. The molecule has 1 aliphatic carbocycles. The quantitative estimate of drug-likeness (QED) is 0.843. The Morgan fingerprint density at radius 2 is 1.71 bits per heavy atom. The van der Waals surface area contributed by atoms with Gasteiger partial charge in [-0.05, 0) is 37.0 Å². The Balaban J connectivity index is 1.87. The number of hydrogen-bond donors (Lipinski definition) is 1. The zero-order valence-electron chi connectivity index (χ0n) is 10.1. The van der Waals surface area contributed by atoms with Crippen LogP contribution in [-0.4, -0.2) is 31.1 Å². The van der Waals surface area contributed by atoms with Gasteiger partial charge in [-0.2, -0.15) is 0 Å². The lowest BCUT2D eigenvalue weighted by Gasteiger charge is -2.52. The summed E-state index contributed by atoms with van der Waals surface area (Å²) in [6.07, 6.45) is 3.73. The largest absolute Gasteiger partial charge is 0.314 e. The third-order valence-electron chi connectivity index (χ3n) is 4.28. The van der Waals surface area contributed by atoms with E-state index in [9.17, 15) is 4.39 Å². The van der Waals surface area contributed by atoms with E-state index in [4.69, 9.17) is 0 Å². The maximum atomic E-state index is 13.0. The third kappa shape index (κ3) is 1.87. The number of halogens is 1. The second-order valence-electron chi connectivity index (χ2n) is 5.13. The average molecular weight is 234 g/mol. The summed E-state index contributed by atoms with van der Waals surface area (Å²) in [4.78, 5) is 2.58. The minimum absolute atomic E-state index is 0.136. The van der Waals surface area contributed by atoms with E-state index in [1.54, 1.807) is 12.1 Å². The Bertz CT molecular complexity index is 378. The minimum Gasteiger partial charge on any atom is -0.314 e. The molecule has 1 saturated carbocycles. The lowest BCUT2D eigenvalue weighted by molar-refractivity contribution is 0.00290. The smallest absolute Gasteiger partial charge is 0.123 e. The zero-order chi connectivity index (χ0) is 11.7. The van der Waals surface area contributed by atoms with Crippen LogP contribution in [0.25, 0.3) is 0 Å². The van der Waals surface area contributed by atoms with Gasteiger partial charge in [0.2, 0.25) is 0 Å². The first-order chi connectivity index (χ1) is 8.31. The van der Waals surface area contributed by atoms with E-state index in [2.05, 4.69) is 10.2 Å². The molecular weight excluding hydrogens is 215 g/mol. The van der Waals surface area contributed by atoms with Crippen LogP contribution in [0.3, 0.4) is 0 Å². The fraction of sp³-hybridized carbons (Fsp3) is 0.571. The second kappa shape index (κ2) is 4.39. The van der Waals surface area contributed by atoms with Crippen LogP contribution in [0.2, 0.25) is 0 Å². The highest BCUT2D eigenvalue weighted by Crippen LogP contribution is 2.46. The van der Waals surface area contributed by atoms with Gasteiger partial charge in [-0.3, -0.25) is 4.90 Å². The minimum atomic E-state index is -0.136. The molecule has 1 N–H and O–H groups in total. The molecule has 0 amide bonds. The zero-order valence-corrected chi connectivity index (χ0v) is 10.1. The highest BCUT2D eigenvalue weighted by atomic mass is 19.1. The van der Waals surface area contributed by atoms with Crippen LogP contribution >= 0.6 is 0 Å². The first-order valence-corrected chi connectivity index (χ1v) is 6.53. The fourth-order valence-corrected chi connectivity index (χ4v) is 3.15. The molecule has 2 nitrogen and oxygen atoms in total. The molecule has 0 radical (unpaired) electrons. The number of rotatable bonds is 2. The topological polar surface area (TPSA) is 15.3 Å². The van der Waals surface area contributed by atoms with Crippen LogP contribution < -0.4 is 5.32 Å². The second-order valence-corrected chi connectivity index (χ2v) is 5.13. The molecule has 3 rings (SSSR count). The van der Waals surface area contributed by atoms with Crippen molar-refractivity contribution >= 4 is 0 Å². The van der Waals surface area contributed by atoms with E-state index in [0.717, 1.165) is 26.2 Å². The van der Waals surface area contributed by atoms with Crippen LogP contribution in [0, 0.1) is 5.82 Å². The van der Waals surface area contributed by atoms with E-state index >= 15 is 0 Å². The monoisotopic (exact) mass is 234 g/mol. The summed E-state index contributed by atoms with van der Waals surface area (Å²) in [5, 5.41) is 3.39. The molecule has 92 valence electrons. The summed E-state index contributed by atoms with van der Waals surface area (Å²) in [7, 11) is 0. The van der Waals surface area contributed by atoms with Crippen LogP contribution in [0.5, 0.6) is 0 Å². The summed E-state index contributed by atoms with van der Waals surface area (Å²) in [5.41, 5.74) is 1.50. The summed E-state index contributed by atoms with van der Waals surface area (Å²) < 4.78 is 13.0. The summed E-state index contributed by atoms with van der Waals surface area (Å²) in [6.45, 7) is 4.36. The van der Waals surface area contributed by atoms with Gasteiger partial charge in [-0.15, -0.1) is 0 Å². The van der Waals surface area contributed by atoms with Crippen molar-refractivity contribution in [2.45, 2.75) is 24.8 Å². The van der Waals surface area contributed by atoms with Crippen molar-refractivity contribution < 1.29 is 4.39 Å². The molecule has 3 heteroatoms. The molecule has 2 aliphatic rings. The molecule has 0 bridgehead atoms. The van der Waals surface area contributed by atoms with Gasteiger partial charge in [0.15, 0.2) is 0 Å². The summed E-state index contributed by atoms with van der Waals surface area (Å²) in [5.74, 6) is -0.136. The molecule has 0 aromatic heterocycles. The van der Waals surface area contributed by atoms with Gasteiger partial charge in [0.25, 0.3) is 0 Å².